The highest BCUT2D eigenvalue weighted by Gasteiger charge is 2.70. The van der Waals surface area contributed by atoms with Crippen LogP contribution < -0.4 is 0 Å². The van der Waals surface area contributed by atoms with E-state index in [0.29, 0.717) is 0 Å². The van der Waals surface area contributed by atoms with Crippen molar-refractivity contribution >= 4 is 11.9 Å². The Morgan fingerprint density at radius 2 is 1.39 bits per heavy atom. The Hall–Kier alpha value is -1.50. The molecule has 15 heteroatoms. The number of hydrogen-bond donors (Lipinski definition) is 8. The highest BCUT2D eigenvalue weighted by atomic mass is 17.2. The molecule has 0 amide bonds. The third-order valence-electron chi connectivity index (χ3n) is 5.80. The van der Waals surface area contributed by atoms with E-state index in [2.05, 4.69) is 9.78 Å². The Bertz CT molecular complexity index is 713. The van der Waals surface area contributed by atoms with Crippen LogP contribution in [0.1, 0.15) is 20.8 Å². The molecule has 2 heterocycles. The predicted octanol–water partition coefficient (Wildman–Crippen LogP) is -4.98. The van der Waals surface area contributed by atoms with E-state index in [-0.39, 0.29) is 0 Å². The van der Waals surface area contributed by atoms with Gasteiger partial charge in [-0.2, -0.15) is 0 Å². The third-order valence-corrected chi connectivity index (χ3v) is 5.80. The zero-order valence-corrected chi connectivity index (χ0v) is 18.1. The van der Waals surface area contributed by atoms with Crippen molar-refractivity contribution in [3.63, 3.8) is 0 Å². The molecule has 15 nitrogen and oxygen atoms in total. The van der Waals surface area contributed by atoms with E-state index >= 15 is 0 Å². The number of aliphatic hydroxyl groups is 8. The molecule has 0 saturated carbocycles. The molecule has 2 aliphatic heterocycles. The summed E-state index contributed by atoms with van der Waals surface area (Å²) in [5.41, 5.74) is -2.29. The SMILES string of the molecule is CC(=O)OOC(=O)C(C)(C)[C@@]1(OC2(CO)O[C@H](CO)[C@@H](O)[C@@H]2O)O[C@H](CO)[C@@H](O)[C@H](O)[C@H]1O. The zero-order valence-electron chi connectivity index (χ0n) is 18.1. The van der Waals surface area contributed by atoms with Crippen LogP contribution in [-0.2, 0) is 33.6 Å². The first-order chi connectivity index (χ1) is 15.2. The molecular weight excluding hydrogens is 456 g/mol. The van der Waals surface area contributed by atoms with Gasteiger partial charge in [0.05, 0.1) is 13.2 Å². The van der Waals surface area contributed by atoms with Crippen molar-refractivity contribution in [2.75, 3.05) is 19.8 Å². The number of ether oxygens (including phenoxy) is 3. The third kappa shape index (κ3) is 4.59. The zero-order chi connectivity index (χ0) is 25.4. The molecule has 33 heavy (non-hydrogen) atoms. The normalized spacial score (nSPS) is 41.6. The molecule has 2 saturated heterocycles. The van der Waals surface area contributed by atoms with Crippen LogP contribution in [0.4, 0.5) is 0 Å². The van der Waals surface area contributed by atoms with Crippen LogP contribution in [0, 0.1) is 5.41 Å². The van der Waals surface area contributed by atoms with Gasteiger partial charge in [-0.3, -0.25) is 0 Å². The second kappa shape index (κ2) is 10.0. The summed E-state index contributed by atoms with van der Waals surface area (Å²) in [6, 6.07) is 0. The lowest BCUT2D eigenvalue weighted by Gasteiger charge is -2.55. The minimum absolute atomic E-state index is 0.835. The van der Waals surface area contributed by atoms with Gasteiger partial charge in [0, 0.05) is 6.92 Å². The van der Waals surface area contributed by atoms with Crippen LogP contribution in [0.2, 0.25) is 0 Å². The molecule has 2 fully saturated rings. The molecule has 9 atom stereocenters. The van der Waals surface area contributed by atoms with Crippen molar-refractivity contribution in [2.24, 2.45) is 5.41 Å². The lowest BCUT2D eigenvalue weighted by Crippen LogP contribution is -2.75. The van der Waals surface area contributed by atoms with Gasteiger partial charge in [-0.15, -0.1) is 0 Å². The van der Waals surface area contributed by atoms with Crippen LogP contribution in [0.25, 0.3) is 0 Å². The standard InChI is InChI=1S/C18H30O15/c1-7(22)31-32-15(28)16(2,3)18(14(27)12(25)10(23)8(4-19)30-18)33-17(6-21)13(26)11(24)9(5-20)29-17/h8-14,19-21,23-27H,4-6H2,1-3H3/t8-,9-,10-,11-,12+,13+,14-,17?,18-/m1/s1. The summed E-state index contributed by atoms with van der Waals surface area (Å²) < 4.78 is 16.5. The molecule has 0 aromatic heterocycles. The molecule has 0 aromatic rings. The molecule has 192 valence electrons. The van der Waals surface area contributed by atoms with E-state index in [1.165, 1.54) is 0 Å². The van der Waals surface area contributed by atoms with E-state index in [0.717, 1.165) is 20.8 Å². The predicted molar refractivity (Wildman–Crippen MR) is 99.2 cm³/mol. The largest absolute Gasteiger partial charge is 0.394 e. The minimum atomic E-state index is -2.87. The quantitative estimate of drug-likeness (QED) is 0.124. The van der Waals surface area contributed by atoms with E-state index in [9.17, 15) is 50.4 Å². The molecule has 0 spiro atoms. The highest BCUT2D eigenvalue weighted by Crippen LogP contribution is 2.49. The van der Waals surface area contributed by atoms with Gasteiger partial charge in [-0.1, -0.05) is 0 Å². The average Bonchev–Trinajstić information content (AvgIpc) is 3.02. The van der Waals surface area contributed by atoms with Crippen molar-refractivity contribution in [3.05, 3.63) is 0 Å². The molecule has 0 bridgehead atoms. The Morgan fingerprint density at radius 1 is 0.848 bits per heavy atom. The van der Waals surface area contributed by atoms with Crippen LogP contribution >= 0.6 is 0 Å². The summed E-state index contributed by atoms with van der Waals surface area (Å²) in [5, 5.41) is 81.1. The summed E-state index contributed by atoms with van der Waals surface area (Å²) in [4.78, 5) is 32.5. The summed E-state index contributed by atoms with van der Waals surface area (Å²) in [5.74, 6) is -7.96. The second-order valence-corrected chi connectivity index (χ2v) is 8.35. The summed E-state index contributed by atoms with van der Waals surface area (Å²) >= 11 is 0. The smallest absolute Gasteiger partial charge is 0.366 e. The van der Waals surface area contributed by atoms with E-state index in [1.54, 1.807) is 0 Å². The van der Waals surface area contributed by atoms with Gasteiger partial charge >= 0.3 is 11.9 Å². The molecular formula is C18H30O15. The Balaban J connectivity index is 2.62. The highest BCUT2D eigenvalue weighted by molar-refractivity contribution is 5.78. The van der Waals surface area contributed by atoms with Gasteiger partial charge in [0.15, 0.2) is 0 Å². The summed E-state index contributed by atoms with van der Waals surface area (Å²) in [6.45, 7) is -0.0291. The Labute approximate surface area is 187 Å². The first kappa shape index (κ1) is 27.7. The topological polar surface area (TPSA) is 242 Å². The molecule has 1 unspecified atom stereocenters. The number of hydrogen-bond acceptors (Lipinski definition) is 15. The van der Waals surface area contributed by atoms with Gasteiger partial charge in [0.2, 0.25) is 11.6 Å². The van der Waals surface area contributed by atoms with Crippen LogP contribution in [0.3, 0.4) is 0 Å². The lowest BCUT2D eigenvalue weighted by atomic mass is 9.74. The van der Waals surface area contributed by atoms with Gasteiger partial charge in [-0.25, -0.2) is 19.4 Å². The Kier molecular flexibility index (Phi) is 8.41. The van der Waals surface area contributed by atoms with E-state index in [1.807, 2.05) is 0 Å². The molecule has 0 aliphatic carbocycles. The maximum atomic E-state index is 12.8. The van der Waals surface area contributed by atoms with Gasteiger partial charge in [-0.05, 0) is 13.8 Å². The van der Waals surface area contributed by atoms with Crippen LogP contribution in [0.15, 0.2) is 0 Å². The monoisotopic (exact) mass is 486 g/mol. The van der Waals surface area contributed by atoms with Crippen LogP contribution in [-0.4, -0.2) is 127 Å². The maximum absolute atomic E-state index is 12.8. The molecule has 2 aliphatic rings. The van der Waals surface area contributed by atoms with E-state index < -0.39 is 91.5 Å². The summed E-state index contributed by atoms with van der Waals surface area (Å²) in [7, 11) is 0. The molecule has 2 rings (SSSR count). The fraction of sp³-hybridized carbons (Fsp3) is 0.889. The summed E-state index contributed by atoms with van der Waals surface area (Å²) in [6.07, 6.45) is -13.4. The lowest BCUT2D eigenvalue weighted by molar-refractivity contribution is -0.457. The number of carbonyl (C=O) groups excluding carboxylic acids is 2. The van der Waals surface area contributed by atoms with Crippen molar-refractivity contribution in [1.29, 1.82) is 0 Å². The first-order valence-electron chi connectivity index (χ1n) is 9.92. The average molecular weight is 486 g/mol. The van der Waals surface area contributed by atoms with Crippen molar-refractivity contribution in [1.82, 2.24) is 0 Å². The van der Waals surface area contributed by atoms with Gasteiger partial charge in [0.25, 0.3) is 0 Å². The molecule has 0 radical (unpaired) electrons. The molecule has 8 N–H and O–H groups in total. The van der Waals surface area contributed by atoms with Crippen molar-refractivity contribution < 1.29 is 74.4 Å². The number of aliphatic hydroxyl groups excluding tert-OH is 8. The first-order valence-corrected chi connectivity index (χ1v) is 9.92. The molecule has 0 aromatic carbocycles. The Morgan fingerprint density at radius 3 is 1.85 bits per heavy atom. The van der Waals surface area contributed by atoms with E-state index in [4.69, 9.17) is 14.2 Å². The van der Waals surface area contributed by atoms with Gasteiger partial charge in [0.1, 0.15) is 54.7 Å². The minimum Gasteiger partial charge on any atom is -0.394 e. The van der Waals surface area contributed by atoms with Crippen LogP contribution in [0.5, 0.6) is 0 Å². The second-order valence-electron chi connectivity index (χ2n) is 8.35. The van der Waals surface area contributed by atoms with Crippen molar-refractivity contribution in [2.45, 2.75) is 75.1 Å². The van der Waals surface area contributed by atoms with Gasteiger partial charge < -0.3 is 55.1 Å². The fourth-order valence-corrected chi connectivity index (χ4v) is 3.72. The number of carbonyl (C=O) groups is 2. The fourth-order valence-electron chi connectivity index (χ4n) is 3.72. The maximum Gasteiger partial charge on any atom is 0.366 e. The number of rotatable bonds is 7. The van der Waals surface area contributed by atoms with Crippen molar-refractivity contribution in [3.8, 4) is 0 Å².